The Hall–Kier alpha value is -0.650. The molecule has 0 spiro atoms. The number of carbonyl (C=O) groups is 1. The summed E-state index contributed by atoms with van der Waals surface area (Å²) in [5.74, 6) is 0.0120. The normalized spacial score (nSPS) is 13.8. The van der Waals surface area contributed by atoms with Crippen LogP contribution in [0.25, 0.3) is 0 Å². The number of nitrogens with zero attached hydrogens (tertiary/aromatic N) is 1. The van der Waals surface area contributed by atoms with Gasteiger partial charge in [-0.1, -0.05) is 6.92 Å². The molecule has 17 heavy (non-hydrogen) atoms. The van der Waals surface area contributed by atoms with E-state index in [9.17, 15) is 4.79 Å². The average molecular weight is 245 g/mol. The van der Waals surface area contributed by atoms with Crippen LogP contribution in [0.2, 0.25) is 0 Å². The third-order valence-electron chi connectivity index (χ3n) is 2.90. The molecule has 0 saturated carbocycles. The highest BCUT2D eigenvalue weighted by molar-refractivity contribution is 5.78. The van der Waals surface area contributed by atoms with Crippen LogP contribution in [0.1, 0.15) is 27.7 Å². The lowest BCUT2D eigenvalue weighted by Crippen LogP contribution is -2.53. The van der Waals surface area contributed by atoms with Crippen LogP contribution in [0.5, 0.6) is 0 Å². The highest BCUT2D eigenvalue weighted by atomic mass is 16.5. The number of ether oxygens (including phenoxy) is 1. The highest BCUT2D eigenvalue weighted by Crippen LogP contribution is 2.11. The first-order chi connectivity index (χ1) is 7.87. The predicted octanol–water partition coefficient (Wildman–Crippen LogP) is 0.197. The molecule has 0 fully saturated rings. The molecular weight excluding hydrogens is 218 g/mol. The molecule has 1 atom stereocenters. The molecule has 0 aromatic rings. The van der Waals surface area contributed by atoms with Crippen molar-refractivity contribution in [3.63, 3.8) is 0 Å². The van der Waals surface area contributed by atoms with Gasteiger partial charge in [0, 0.05) is 25.2 Å². The molecule has 3 N–H and O–H groups in total. The predicted molar refractivity (Wildman–Crippen MR) is 69.9 cm³/mol. The Balaban J connectivity index is 4.25. The average Bonchev–Trinajstić information content (AvgIpc) is 2.25. The Bertz CT molecular complexity index is 232. The molecule has 102 valence electrons. The first-order valence-electron chi connectivity index (χ1n) is 6.10. The fraction of sp³-hybridized carbons (Fsp3) is 0.917. The number of likely N-dealkylation sites (N-methyl/N-ethyl adjacent to an activating group) is 1. The van der Waals surface area contributed by atoms with Gasteiger partial charge in [-0.3, -0.25) is 9.69 Å². The Morgan fingerprint density at radius 1 is 1.53 bits per heavy atom. The van der Waals surface area contributed by atoms with E-state index < -0.39 is 0 Å². The molecule has 0 aromatic heterocycles. The Labute approximate surface area is 105 Å². The number of nitrogens with two attached hydrogens (primary N) is 1. The zero-order chi connectivity index (χ0) is 13.5. The maximum atomic E-state index is 11.8. The van der Waals surface area contributed by atoms with Crippen LogP contribution in [0.15, 0.2) is 0 Å². The molecule has 0 aromatic carbocycles. The molecular formula is C12H27N3O2. The van der Waals surface area contributed by atoms with Gasteiger partial charge < -0.3 is 15.8 Å². The van der Waals surface area contributed by atoms with E-state index >= 15 is 0 Å². The van der Waals surface area contributed by atoms with E-state index in [1.165, 1.54) is 0 Å². The number of carbonyl (C=O) groups excluding carboxylic acids is 1. The topological polar surface area (TPSA) is 67.6 Å². The standard InChI is InChI=1S/C12H27N3O2/c1-6-15(12(3,4)9-13)7-11(16)14-10(2)8-17-5/h10H,6-9,13H2,1-5H3,(H,14,16). The molecule has 0 aliphatic carbocycles. The van der Waals surface area contributed by atoms with Crippen molar-refractivity contribution in [1.29, 1.82) is 0 Å². The first kappa shape index (κ1) is 16.4. The summed E-state index contributed by atoms with van der Waals surface area (Å²) in [6.07, 6.45) is 0. The molecule has 5 heteroatoms. The molecule has 1 amide bonds. The highest BCUT2D eigenvalue weighted by Gasteiger charge is 2.25. The number of hydrogen-bond donors (Lipinski definition) is 2. The summed E-state index contributed by atoms with van der Waals surface area (Å²) in [4.78, 5) is 13.9. The summed E-state index contributed by atoms with van der Waals surface area (Å²) in [5, 5.41) is 2.90. The van der Waals surface area contributed by atoms with Gasteiger partial charge in [0.05, 0.1) is 13.2 Å². The van der Waals surface area contributed by atoms with Crippen molar-refractivity contribution in [2.75, 3.05) is 33.4 Å². The summed E-state index contributed by atoms with van der Waals surface area (Å²) < 4.78 is 4.98. The monoisotopic (exact) mass is 245 g/mol. The largest absolute Gasteiger partial charge is 0.383 e. The third-order valence-corrected chi connectivity index (χ3v) is 2.90. The van der Waals surface area contributed by atoms with Gasteiger partial charge in [-0.15, -0.1) is 0 Å². The van der Waals surface area contributed by atoms with E-state index in [0.29, 0.717) is 19.7 Å². The van der Waals surface area contributed by atoms with Crippen molar-refractivity contribution in [3.05, 3.63) is 0 Å². The number of methoxy groups -OCH3 is 1. The van der Waals surface area contributed by atoms with Gasteiger partial charge in [-0.25, -0.2) is 0 Å². The number of nitrogens with one attached hydrogen (secondary N) is 1. The minimum Gasteiger partial charge on any atom is -0.383 e. The molecule has 5 nitrogen and oxygen atoms in total. The lowest BCUT2D eigenvalue weighted by molar-refractivity contribution is -0.124. The van der Waals surface area contributed by atoms with Crippen LogP contribution < -0.4 is 11.1 Å². The van der Waals surface area contributed by atoms with Crippen LogP contribution in [-0.2, 0) is 9.53 Å². The molecule has 0 rings (SSSR count). The lowest BCUT2D eigenvalue weighted by Gasteiger charge is -2.36. The summed E-state index contributed by atoms with van der Waals surface area (Å²) in [7, 11) is 1.62. The molecule has 0 heterocycles. The minimum absolute atomic E-state index is 0.0120. The Morgan fingerprint density at radius 3 is 2.53 bits per heavy atom. The van der Waals surface area contributed by atoms with Crippen LogP contribution in [0.4, 0.5) is 0 Å². The van der Waals surface area contributed by atoms with E-state index in [4.69, 9.17) is 10.5 Å². The summed E-state index contributed by atoms with van der Waals surface area (Å²) in [5.41, 5.74) is 5.56. The van der Waals surface area contributed by atoms with E-state index in [0.717, 1.165) is 6.54 Å². The van der Waals surface area contributed by atoms with Gasteiger partial charge in [0.15, 0.2) is 0 Å². The second-order valence-electron chi connectivity index (χ2n) is 4.95. The number of rotatable bonds is 8. The van der Waals surface area contributed by atoms with Crippen LogP contribution in [0.3, 0.4) is 0 Å². The molecule has 0 radical (unpaired) electrons. The van der Waals surface area contributed by atoms with Crippen molar-refractivity contribution < 1.29 is 9.53 Å². The van der Waals surface area contributed by atoms with E-state index in [2.05, 4.69) is 10.2 Å². The van der Waals surface area contributed by atoms with E-state index in [1.807, 2.05) is 27.7 Å². The fourth-order valence-electron chi connectivity index (χ4n) is 1.67. The SMILES string of the molecule is CCN(CC(=O)NC(C)COC)C(C)(C)CN. The van der Waals surface area contributed by atoms with E-state index in [-0.39, 0.29) is 17.5 Å². The van der Waals surface area contributed by atoms with Crippen molar-refractivity contribution in [2.24, 2.45) is 5.73 Å². The molecule has 0 aliphatic rings. The third kappa shape index (κ3) is 6.00. The van der Waals surface area contributed by atoms with E-state index in [1.54, 1.807) is 7.11 Å². The van der Waals surface area contributed by atoms with Gasteiger partial charge in [0.1, 0.15) is 0 Å². The first-order valence-corrected chi connectivity index (χ1v) is 6.10. The molecule has 0 aliphatic heterocycles. The zero-order valence-corrected chi connectivity index (χ0v) is 11.7. The fourth-order valence-corrected chi connectivity index (χ4v) is 1.67. The second-order valence-corrected chi connectivity index (χ2v) is 4.95. The van der Waals surface area contributed by atoms with Gasteiger partial charge in [-0.05, 0) is 27.3 Å². The number of amides is 1. The number of hydrogen-bond acceptors (Lipinski definition) is 4. The van der Waals surface area contributed by atoms with Gasteiger partial charge in [0.2, 0.25) is 5.91 Å². The summed E-state index contributed by atoms with van der Waals surface area (Å²) >= 11 is 0. The van der Waals surface area contributed by atoms with Crippen LogP contribution in [-0.4, -0.2) is 55.7 Å². The Kier molecular flexibility index (Phi) is 7.34. The van der Waals surface area contributed by atoms with Crippen molar-refractivity contribution >= 4 is 5.91 Å². The quantitative estimate of drug-likeness (QED) is 0.641. The minimum atomic E-state index is -0.156. The van der Waals surface area contributed by atoms with Crippen molar-refractivity contribution in [1.82, 2.24) is 10.2 Å². The zero-order valence-electron chi connectivity index (χ0n) is 11.7. The lowest BCUT2D eigenvalue weighted by atomic mass is 10.0. The van der Waals surface area contributed by atoms with Crippen LogP contribution in [0, 0.1) is 0 Å². The van der Waals surface area contributed by atoms with Gasteiger partial charge in [0.25, 0.3) is 0 Å². The van der Waals surface area contributed by atoms with Crippen molar-refractivity contribution in [3.8, 4) is 0 Å². The smallest absolute Gasteiger partial charge is 0.234 e. The molecule has 0 bridgehead atoms. The summed E-state index contributed by atoms with van der Waals surface area (Å²) in [6.45, 7) is 10.3. The van der Waals surface area contributed by atoms with Crippen LogP contribution >= 0.6 is 0 Å². The Morgan fingerprint density at radius 2 is 2.12 bits per heavy atom. The van der Waals surface area contributed by atoms with Gasteiger partial charge in [-0.2, -0.15) is 0 Å². The van der Waals surface area contributed by atoms with Crippen molar-refractivity contribution in [2.45, 2.75) is 39.3 Å². The summed E-state index contributed by atoms with van der Waals surface area (Å²) in [6, 6.07) is 0.0344. The second kappa shape index (κ2) is 7.63. The molecule has 1 unspecified atom stereocenters. The maximum absolute atomic E-state index is 11.8. The molecule has 0 saturated heterocycles. The van der Waals surface area contributed by atoms with Gasteiger partial charge >= 0.3 is 0 Å². The maximum Gasteiger partial charge on any atom is 0.234 e.